The molecule has 2 aromatic carbocycles. The molecular formula is C17H15N3O4S. The summed E-state index contributed by atoms with van der Waals surface area (Å²) in [4.78, 5) is 10.5. The Bertz CT molecular complexity index is 880. The first-order valence-corrected chi connectivity index (χ1v) is 8.33. The Labute approximate surface area is 148 Å². The first-order valence-electron chi connectivity index (χ1n) is 7.46. The summed E-state index contributed by atoms with van der Waals surface area (Å²) >= 11 is 1.35. The number of nitrogens with zero attached hydrogens (tertiary/aromatic N) is 3. The zero-order valence-electron chi connectivity index (χ0n) is 13.6. The third-order valence-corrected chi connectivity index (χ3v) is 4.56. The summed E-state index contributed by atoms with van der Waals surface area (Å²) in [5.74, 6) is 1.16. The second kappa shape index (κ2) is 7.35. The van der Waals surface area contributed by atoms with Crippen molar-refractivity contribution in [1.29, 1.82) is 0 Å². The largest absolute Gasteiger partial charge is 0.497 e. The fourth-order valence-corrected chi connectivity index (χ4v) is 3.02. The number of hydrogen-bond donors (Lipinski definition) is 0. The third-order valence-electron chi connectivity index (χ3n) is 3.57. The van der Waals surface area contributed by atoms with E-state index >= 15 is 0 Å². The molecule has 25 heavy (non-hydrogen) atoms. The van der Waals surface area contributed by atoms with Crippen LogP contribution in [0.25, 0.3) is 11.5 Å². The lowest BCUT2D eigenvalue weighted by atomic mass is 10.1. The summed E-state index contributed by atoms with van der Waals surface area (Å²) in [6.45, 7) is 1.93. The highest BCUT2D eigenvalue weighted by Crippen LogP contribution is 2.36. The molecule has 8 heteroatoms. The van der Waals surface area contributed by atoms with Crippen molar-refractivity contribution in [2.75, 3.05) is 7.11 Å². The fraction of sp³-hybridized carbons (Fsp3) is 0.176. The molecule has 1 heterocycles. The van der Waals surface area contributed by atoms with Gasteiger partial charge in [0.25, 0.3) is 10.9 Å². The van der Waals surface area contributed by atoms with Crippen molar-refractivity contribution in [1.82, 2.24) is 10.2 Å². The number of thioether (sulfide) groups is 1. The number of aromatic nitrogens is 2. The lowest BCUT2D eigenvalue weighted by Crippen LogP contribution is -1.92. The van der Waals surface area contributed by atoms with Crippen molar-refractivity contribution >= 4 is 17.4 Å². The van der Waals surface area contributed by atoms with E-state index in [2.05, 4.69) is 10.2 Å². The van der Waals surface area contributed by atoms with E-state index in [9.17, 15) is 10.1 Å². The van der Waals surface area contributed by atoms with Crippen LogP contribution in [-0.4, -0.2) is 22.2 Å². The predicted molar refractivity (Wildman–Crippen MR) is 93.7 cm³/mol. The van der Waals surface area contributed by atoms with Gasteiger partial charge in [0.05, 0.1) is 12.0 Å². The maximum atomic E-state index is 10.9. The number of rotatable bonds is 6. The van der Waals surface area contributed by atoms with E-state index in [0.29, 0.717) is 11.1 Å². The van der Waals surface area contributed by atoms with E-state index in [-0.39, 0.29) is 10.9 Å². The van der Waals surface area contributed by atoms with Crippen LogP contribution in [-0.2, 0) is 0 Å². The van der Waals surface area contributed by atoms with Crippen LogP contribution in [0.3, 0.4) is 0 Å². The molecule has 7 nitrogen and oxygen atoms in total. The first-order chi connectivity index (χ1) is 12.1. The fourth-order valence-electron chi connectivity index (χ4n) is 2.22. The maximum absolute atomic E-state index is 10.9. The van der Waals surface area contributed by atoms with Gasteiger partial charge in [0.1, 0.15) is 5.75 Å². The molecule has 0 aliphatic carbocycles. The summed E-state index contributed by atoms with van der Waals surface area (Å²) in [5.41, 5.74) is 1.68. The molecule has 0 spiro atoms. The number of benzene rings is 2. The van der Waals surface area contributed by atoms with Gasteiger partial charge < -0.3 is 9.15 Å². The van der Waals surface area contributed by atoms with E-state index in [1.165, 1.54) is 17.8 Å². The second-order valence-corrected chi connectivity index (χ2v) is 6.51. The highest BCUT2D eigenvalue weighted by atomic mass is 32.2. The Kier molecular flexibility index (Phi) is 4.99. The topological polar surface area (TPSA) is 91.3 Å². The van der Waals surface area contributed by atoms with Crippen LogP contribution in [0.4, 0.5) is 5.69 Å². The van der Waals surface area contributed by atoms with Gasteiger partial charge in [-0.05, 0) is 36.8 Å². The van der Waals surface area contributed by atoms with E-state index in [1.54, 1.807) is 19.2 Å². The summed E-state index contributed by atoms with van der Waals surface area (Å²) < 4.78 is 10.8. The van der Waals surface area contributed by atoms with Crippen LogP contribution >= 0.6 is 11.8 Å². The SMILES string of the molecule is COc1ccc(-c2nnc(S[C@H](C)c3cccc([N+](=O)[O-])c3)o2)cc1. The van der Waals surface area contributed by atoms with Gasteiger partial charge in [-0.2, -0.15) is 0 Å². The Morgan fingerprint density at radius 1 is 1.20 bits per heavy atom. The zero-order chi connectivity index (χ0) is 17.8. The normalized spacial score (nSPS) is 11.9. The molecule has 1 aromatic heterocycles. The molecule has 0 saturated carbocycles. The van der Waals surface area contributed by atoms with Crippen molar-refractivity contribution < 1.29 is 14.1 Å². The van der Waals surface area contributed by atoms with Crippen LogP contribution in [0.2, 0.25) is 0 Å². The highest BCUT2D eigenvalue weighted by molar-refractivity contribution is 7.99. The van der Waals surface area contributed by atoms with E-state index in [4.69, 9.17) is 9.15 Å². The quantitative estimate of drug-likeness (QED) is 0.364. The summed E-state index contributed by atoms with van der Waals surface area (Å²) in [7, 11) is 1.60. The summed E-state index contributed by atoms with van der Waals surface area (Å²) in [6.07, 6.45) is 0. The Balaban J connectivity index is 1.74. The third kappa shape index (κ3) is 3.97. The van der Waals surface area contributed by atoms with Crippen LogP contribution in [0.5, 0.6) is 5.75 Å². The number of non-ortho nitro benzene ring substituents is 1. The minimum atomic E-state index is -0.407. The molecule has 3 aromatic rings. The summed E-state index contributed by atoms with van der Waals surface area (Å²) in [6, 6.07) is 13.8. The molecular weight excluding hydrogens is 342 g/mol. The standard InChI is InChI=1S/C17H15N3O4S/c1-11(13-4-3-5-14(10-13)20(21)22)25-17-19-18-16(24-17)12-6-8-15(23-2)9-7-12/h3-11H,1-2H3/t11-/m1/s1. The molecule has 1 atom stereocenters. The van der Waals surface area contributed by atoms with Gasteiger partial charge in [-0.15, -0.1) is 10.2 Å². The smallest absolute Gasteiger partial charge is 0.277 e. The average molecular weight is 357 g/mol. The lowest BCUT2D eigenvalue weighted by molar-refractivity contribution is -0.384. The molecule has 0 bridgehead atoms. The van der Waals surface area contributed by atoms with E-state index < -0.39 is 4.92 Å². The molecule has 0 amide bonds. The number of ether oxygens (including phenoxy) is 1. The van der Waals surface area contributed by atoms with Gasteiger partial charge in [-0.3, -0.25) is 10.1 Å². The number of nitro benzene ring substituents is 1. The lowest BCUT2D eigenvalue weighted by Gasteiger charge is -2.08. The van der Waals surface area contributed by atoms with Gasteiger partial charge >= 0.3 is 0 Å². The Morgan fingerprint density at radius 2 is 1.96 bits per heavy atom. The van der Waals surface area contributed by atoms with Gasteiger partial charge in [0, 0.05) is 22.9 Å². The second-order valence-electron chi connectivity index (χ2n) is 5.21. The summed E-state index contributed by atoms with van der Waals surface area (Å²) in [5, 5.41) is 19.3. The van der Waals surface area contributed by atoms with Crippen LogP contribution in [0.15, 0.2) is 58.2 Å². The minimum Gasteiger partial charge on any atom is -0.497 e. The van der Waals surface area contributed by atoms with Crippen LogP contribution in [0.1, 0.15) is 17.7 Å². The maximum Gasteiger partial charge on any atom is 0.277 e. The molecule has 0 saturated heterocycles. The average Bonchev–Trinajstić information content (AvgIpc) is 3.10. The van der Waals surface area contributed by atoms with Crippen LogP contribution < -0.4 is 4.74 Å². The molecule has 0 aliphatic rings. The van der Waals surface area contributed by atoms with Gasteiger partial charge in [0.2, 0.25) is 5.89 Å². The van der Waals surface area contributed by atoms with Gasteiger partial charge in [-0.25, -0.2) is 0 Å². The Morgan fingerprint density at radius 3 is 2.64 bits per heavy atom. The molecule has 3 rings (SSSR count). The molecule has 0 radical (unpaired) electrons. The Hall–Kier alpha value is -2.87. The van der Waals surface area contributed by atoms with Gasteiger partial charge in [0.15, 0.2) is 0 Å². The van der Waals surface area contributed by atoms with Crippen molar-refractivity contribution in [3.63, 3.8) is 0 Å². The number of hydrogen-bond acceptors (Lipinski definition) is 7. The molecule has 128 valence electrons. The van der Waals surface area contributed by atoms with Crippen LogP contribution in [0, 0.1) is 10.1 Å². The highest BCUT2D eigenvalue weighted by Gasteiger charge is 2.16. The molecule has 0 unspecified atom stereocenters. The number of nitro groups is 1. The van der Waals surface area contributed by atoms with E-state index in [1.807, 2.05) is 37.3 Å². The minimum absolute atomic E-state index is 0.0643. The van der Waals surface area contributed by atoms with Gasteiger partial charge in [-0.1, -0.05) is 23.9 Å². The molecule has 0 aliphatic heterocycles. The monoisotopic (exact) mass is 357 g/mol. The van der Waals surface area contributed by atoms with Crippen molar-refractivity contribution in [2.24, 2.45) is 0 Å². The molecule has 0 fully saturated rings. The van der Waals surface area contributed by atoms with E-state index in [0.717, 1.165) is 16.9 Å². The zero-order valence-corrected chi connectivity index (χ0v) is 14.4. The van der Waals surface area contributed by atoms with Crippen molar-refractivity contribution in [2.45, 2.75) is 17.4 Å². The van der Waals surface area contributed by atoms with Crippen molar-refractivity contribution in [3.05, 3.63) is 64.2 Å². The number of methoxy groups -OCH3 is 1. The predicted octanol–water partition coefficient (Wildman–Crippen LogP) is 4.51. The van der Waals surface area contributed by atoms with Crippen molar-refractivity contribution in [3.8, 4) is 17.2 Å². The molecule has 0 N–H and O–H groups in total. The first kappa shape index (κ1) is 17.0.